The fraction of sp³-hybridized carbons (Fsp3) is 0.125. The van der Waals surface area contributed by atoms with Gasteiger partial charge in [0.25, 0.3) is 0 Å². The highest BCUT2D eigenvalue weighted by Gasteiger charge is 2.22. The first kappa shape index (κ1) is 13.3. The summed E-state index contributed by atoms with van der Waals surface area (Å²) in [5.74, 6) is -0.592. The van der Waals surface area contributed by atoms with Gasteiger partial charge in [-0.1, -0.05) is 4.58 Å². The van der Waals surface area contributed by atoms with Crippen molar-refractivity contribution in [2.45, 2.75) is 6.92 Å². The summed E-state index contributed by atoms with van der Waals surface area (Å²) in [7, 11) is 1.85. The highest BCUT2D eigenvalue weighted by molar-refractivity contribution is 5.62. The molecular formula is C16H13F2N3+2. The molecular weight excluding hydrogens is 272 g/mol. The number of aryl methyl sites for hydroxylation is 1. The monoisotopic (exact) mass is 285 g/mol. The van der Waals surface area contributed by atoms with E-state index in [0.717, 1.165) is 11.6 Å². The van der Waals surface area contributed by atoms with Crippen LogP contribution >= 0.6 is 0 Å². The minimum absolute atomic E-state index is 0.276. The molecule has 21 heavy (non-hydrogen) atoms. The number of nitrogens with zero attached hydrogens (tertiary/aromatic N) is 3. The van der Waals surface area contributed by atoms with Gasteiger partial charge in [0.05, 0.1) is 11.6 Å². The Balaban J connectivity index is 2.15. The predicted molar refractivity (Wildman–Crippen MR) is 74.6 cm³/mol. The summed E-state index contributed by atoms with van der Waals surface area (Å²) in [5, 5.41) is 0. The van der Waals surface area contributed by atoms with Crippen LogP contribution in [0.3, 0.4) is 0 Å². The van der Waals surface area contributed by atoms with Gasteiger partial charge in [0.2, 0.25) is 5.69 Å². The van der Waals surface area contributed by atoms with E-state index in [4.69, 9.17) is 0 Å². The fourth-order valence-corrected chi connectivity index (χ4v) is 2.14. The number of rotatable bonds is 2. The van der Waals surface area contributed by atoms with Crippen molar-refractivity contribution in [2.24, 2.45) is 0 Å². The molecule has 1 aromatic heterocycles. The van der Waals surface area contributed by atoms with E-state index in [1.807, 2.05) is 32.4 Å². The Morgan fingerprint density at radius 3 is 2.57 bits per heavy atom. The maximum atomic E-state index is 13.9. The van der Waals surface area contributed by atoms with Gasteiger partial charge in [-0.05, 0) is 24.6 Å². The Kier molecular flexibility index (Phi) is 3.20. The fourth-order valence-electron chi connectivity index (χ4n) is 2.14. The van der Waals surface area contributed by atoms with Crippen LogP contribution in [0.25, 0.3) is 11.3 Å². The maximum absolute atomic E-state index is 13.9. The third kappa shape index (κ3) is 2.64. The lowest BCUT2D eigenvalue weighted by atomic mass is 10.1. The molecule has 0 fully saturated rings. The van der Waals surface area contributed by atoms with Crippen LogP contribution in [0.15, 0.2) is 42.7 Å². The zero-order valence-corrected chi connectivity index (χ0v) is 11.6. The summed E-state index contributed by atoms with van der Waals surface area (Å²) in [5.41, 5.74) is 1.67. The van der Waals surface area contributed by atoms with Crippen molar-refractivity contribution in [3.63, 3.8) is 0 Å². The minimum Gasteiger partial charge on any atom is -0.207 e. The van der Waals surface area contributed by atoms with Gasteiger partial charge in [-0.3, -0.25) is 0 Å². The Labute approximate surface area is 120 Å². The number of hydrogen-bond acceptors (Lipinski definition) is 1. The van der Waals surface area contributed by atoms with Crippen molar-refractivity contribution >= 4 is 11.8 Å². The number of hydrogen-bond donors (Lipinski definition) is 0. The average molecular weight is 285 g/mol. The zero-order chi connectivity index (χ0) is 15.0. The third-order valence-electron chi connectivity index (χ3n) is 3.11. The summed E-state index contributed by atoms with van der Waals surface area (Å²) < 4.78 is 30.4. The molecule has 1 aromatic carbocycles. The predicted octanol–water partition coefficient (Wildman–Crippen LogP) is 3.28. The van der Waals surface area contributed by atoms with Gasteiger partial charge in [0.1, 0.15) is 18.7 Å². The van der Waals surface area contributed by atoms with E-state index >= 15 is 0 Å². The average Bonchev–Trinajstić information content (AvgIpc) is 2.84. The number of aromatic nitrogens is 1. The van der Waals surface area contributed by atoms with E-state index in [1.54, 1.807) is 15.2 Å². The summed E-state index contributed by atoms with van der Waals surface area (Å²) >= 11 is 0. The Bertz CT molecular complexity index is 831. The topological polar surface area (TPSA) is 18.9 Å². The van der Waals surface area contributed by atoms with Gasteiger partial charge in [0.15, 0.2) is 12.4 Å². The second-order valence-electron chi connectivity index (χ2n) is 4.89. The van der Waals surface area contributed by atoms with Crippen LogP contribution in [0.1, 0.15) is 5.56 Å². The molecule has 2 heterocycles. The molecule has 0 amide bonds. The van der Waals surface area contributed by atoms with Crippen LogP contribution in [0.2, 0.25) is 0 Å². The van der Waals surface area contributed by atoms with E-state index in [0.29, 0.717) is 11.5 Å². The number of pyridine rings is 1. The lowest BCUT2D eigenvalue weighted by Crippen LogP contribution is -1.99. The van der Waals surface area contributed by atoms with E-state index < -0.39 is 11.6 Å². The molecule has 0 aliphatic carbocycles. The van der Waals surface area contributed by atoms with Crippen molar-refractivity contribution in [3.05, 3.63) is 59.9 Å². The van der Waals surface area contributed by atoms with Crippen molar-refractivity contribution in [3.8, 4) is 11.3 Å². The Hall–Kier alpha value is -2.65. The highest BCUT2D eigenvalue weighted by atomic mass is 19.1. The second kappa shape index (κ2) is 5.04. The molecule has 0 unspecified atom stereocenters. The molecule has 5 heteroatoms. The molecule has 2 aromatic rings. The number of halogens is 2. The van der Waals surface area contributed by atoms with Gasteiger partial charge in [-0.15, -0.1) is 0 Å². The van der Waals surface area contributed by atoms with Crippen molar-refractivity contribution in [1.82, 2.24) is 4.98 Å². The molecule has 104 valence electrons. The van der Waals surface area contributed by atoms with Crippen molar-refractivity contribution in [1.29, 1.82) is 0 Å². The van der Waals surface area contributed by atoms with Crippen LogP contribution in [0.5, 0.6) is 0 Å². The first-order valence-electron chi connectivity index (χ1n) is 6.44. The summed E-state index contributed by atoms with van der Waals surface area (Å²) in [6.45, 7) is 1.90. The zero-order valence-electron chi connectivity index (χ0n) is 11.6. The molecule has 0 N–H and O–H groups in total. The van der Waals surface area contributed by atoms with Crippen LogP contribution < -0.4 is 0 Å². The smallest absolute Gasteiger partial charge is 0.207 e. The molecule has 0 spiro atoms. The standard InChI is InChI=1S/C16H13F2N3/c1-11-7-15(13-4-3-12(17)9-14(13)18)19-16(8-11)21-6-5-20(2)10-21/h3-9H,1-2H3/q+2. The summed E-state index contributed by atoms with van der Waals surface area (Å²) in [6.07, 6.45) is 3.65. The molecule has 0 saturated carbocycles. The van der Waals surface area contributed by atoms with Crippen LogP contribution in [0, 0.1) is 18.6 Å². The largest absolute Gasteiger partial charge is 0.403 e. The third-order valence-corrected chi connectivity index (χ3v) is 3.11. The quantitative estimate of drug-likeness (QED) is 0.775. The van der Waals surface area contributed by atoms with E-state index in [9.17, 15) is 8.78 Å². The lowest BCUT2D eigenvalue weighted by molar-refractivity contribution is -0.430. The Morgan fingerprint density at radius 2 is 1.90 bits per heavy atom. The van der Waals surface area contributed by atoms with E-state index in [1.165, 1.54) is 12.1 Å². The van der Waals surface area contributed by atoms with E-state index in [-0.39, 0.29) is 5.56 Å². The second-order valence-corrected chi connectivity index (χ2v) is 4.89. The molecule has 0 atom stereocenters. The number of benzene rings is 1. The molecule has 0 radical (unpaired) electrons. The maximum Gasteiger partial charge on any atom is 0.403 e. The minimum atomic E-state index is -0.624. The van der Waals surface area contributed by atoms with Crippen molar-refractivity contribution in [2.75, 3.05) is 7.05 Å². The summed E-state index contributed by atoms with van der Waals surface area (Å²) in [4.78, 5) is 4.43. The molecule has 1 aliphatic heterocycles. The molecule has 0 saturated heterocycles. The summed E-state index contributed by atoms with van der Waals surface area (Å²) in [6, 6.07) is 10.2. The molecule has 0 bridgehead atoms. The highest BCUT2D eigenvalue weighted by Crippen LogP contribution is 2.25. The molecule has 1 aliphatic rings. The Morgan fingerprint density at radius 1 is 1.10 bits per heavy atom. The normalized spacial score (nSPS) is 13.3. The molecule has 3 nitrogen and oxygen atoms in total. The molecule has 3 rings (SSSR count). The van der Waals surface area contributed by atoms with Crippen LogP contribution in [0.4, 0.5) is 14.6 Å². The SMILES string of the molecule is Cc1cc(-c2ccc(F)cc2F)nc([N+]2=C=[N+](C)C=C2)c1. The van der Waals surface area contributed by atoms with E-state index in [2.05, 4.69) is 11.0 Å². The first-order chi connectivity index (χ1) is 10.0. The first-order valence-corrected chi connectivity index (χ1v) is 6.44. The van der Waals surface area contributed by atoms with Crippen LogP contribution in [-0.2, 0) is 0 Å². The lowest BCUT2D eigenvalue weighted by Gasteiger charge is -1.99. The van der Waals surface area contributed by atoms with Crippen LogP contribution in [-0.4, -0.2) is 27.2 Å². The van der Waals surface area contributed by atoms with Gasteiger partial charge >= 0.3 is 11.8 Å². The van der Waals surface area contributed by atoms with Gasteiger partial charge in [0, 0.05) is 17.1 Å². The van der Waals surface area contributed by atoms with Gasteiger partial charge < -0.3 is 0 Å². The van der Waals surface area contributed by atoms with Crippen molar-refractivity contribution < 1.29 is 17.9 Å². The van der Waals surface area contributed by atoms with Gasteiger partial charge in [-0.25, -0.2) is 8.78 Å². The van der Waals surface area contributed by atoms with Gasteiger partial charge in [-0.2, -0.15) is 4.58 Å².